The zero-order valence-corrected chi connectivity index (χ0v) is 12.7. The zero-order valence-electron chi connectivity index (χ0n) is 12.7. The van der Waals surface area contributed by atoms with Crippen molar-refractivity contribution in [1.29, 1.82) is 0 Å². The minimum Gasteiger partial charge on any atom is -0.456 e. The standard InChI is InChI=1S/C19H18O3/c1-19(2)17(20)15(13-9-5-3-6-10-13)16(22-18(19)21)14-11-7-4-8-12-14/h3-12,15-16H,1-2H3. The van der Waals surface area contributed by atoms with Crippen LogP contribution < -0.4 is 0 Å². The van der Waals surface area contributed by atoms with Crippen molar-refractivity contribution >= 4 is 11.8 Å². The molecule has 0 N–H and O–H groups in total. The number of carbonyl (C=O) groups is 2. The van der Waals surface area contributed by atoms with E-state index in [1.165, 1.54) is 0 Å². The highest BCUT2D eigenvalue weighted by Gasteiger charge is 2.51. The van der Waals surface area contributed by atoms with Crippen LogP contribution in [0, 0.1) is 5.41 Å². The van der Waals surface area contributed by atoms with Gasteiger partial charge in [0, 0.05) is 0 Å². The molecule has 0 saturated carbocycles. The number of cyclic esters (lactones) is 1. The van der Waals surface area contributed by atoms with Crippen LogP contribution in [-0.2, 0) is 14.3 Å². The highest BCUT2D eigenvalue weighted by Crippen LogP contribution is 2.44. The summed E-state index contributed by atoms with van der Waals surface area (Å²) in [5, 5.41) is 0. The number of carbonyl (C=O) groups excluding carboxylic acids is 2. The molecule has 1 saturated heterocycles. The Bertz CT molecular complexity index is 689. The Hall–Kier alpha value is -2.42. The van der Waals surface area contributed by atoms with Crippen LogP contribution in [0.5, 0.6) is 0 Å². The first-order chi connectivity index (χ1) is 10.5. The molecule has 0 spiro atoms. The second-order valence-electron chi connectivity index (χ2n) is 6.11. The number of hydrogen-bond donors (Lipinski definition) is 0. The first kappa shape index (κ1) is 14.5. The first-order valence-corrected chi connectivity index (χ1v) is 7.37. The summed E-state index contributed by atoms with van der Waals surface area (Å²) >= 11 is 0. The van der Waals surface area contributed by atoms with Crippen LogP contribution >= 0.6 is 0 Å². The average Bonchev–Trinajstić information content (AvgIpc) is 2.54. The minimum absolute atomic E-state index is 0.0937. The van der Waals surface area contributed by atoms with Gasteiger partial charge >= 0.3 is 5.97 Å². The smallest absolute Gasteiger partial charge is 0.319 e. The van der Waals surface area contributed by atoms with Gasteiger partial charge in [-0.25, -0.2) is 0 Å². The molecule has 0 radical (unpaired) electrons. The SMILES string of the molecule is CC1(C)C(=O)OC(c2ccccc2)C(c2ccccc2)C1=O. The van der Waals surface area contributed by atoms with E-state index in [0.29, 0.717) is 0 Å². The predicted octanol–water partition coefficient (Wildman–Crippen LogP) is 3.66. The lowest BCUT2D eigenvalue weighted by Gasteiger charge is -2.38. The fraction of sp³-hybridized carbons (Fsp3) is 0.263. The van der Waals surface area contributed by atoms with Gasteiger partial charge in [0.05, 0.1) is 5.92 Å². The normalized spacial score (nSPS) is 23.9. The van der Waals surface area contributed by atoms with E-state index in [4.69, 9.17) is 4.74 Å². The molecule has 1 fully saturated rings. The molecule has 0 amide bonds. The Kier molecular flexibility index (Phi) is 3.57. The average molecular weight is 294 g/mol. The predicted molar refractivity (Wildman–Crippen MR) is 83.2 cm³/mol. The Morgan fingerprint density at radius 3 is 1.86 bits per heavy atom. The molecule has 0 aromatic heterocycles. The van der Waals surface area contributed by atoms with Gasteiger partial charge in [-0.2, -0.15) is 0 Å². The number of ether oxygens (including phenoxy) is 1. The van der Waals surface area contributed by atoms with Crippen molar-refractivity contribution in [2.45, 2.75) is 25.9 Å². The van der Waals surface area contributed by atoms with Crippen LogP contribution in [0.1, 0.15) is 37.0 Å². The maximum atomic E-state index is 12.9. The highest BCUT2D eigenvalue weighted by molar-refractivity contribution is 6.08. The lowest BCUT2D eigenvalue weighted by Crippen LogP contribution is -2.46. The summed E-state index contributed by atoms with van der Waals surface area (Å²) in [5.41, 5.74) is 0.599. The quantitative estimate of drug-likeness (QED) is 0.627. The monoisotopic (exact) mass is 294 g/mol. The minimum atomic E-state index is -1.12. The summed E-state index contributed by atoms with van der Waals surface area (Å²) < 4.78 is 5.67. The number of hydrogen-bond acceptors (Lipinski definition) is 3. The van der Waals surface area contributed by atoms with Crippen molar-refractivity contribution in [3.63, 3.8) is 0 Å². The topological polar surface area (TPSA) is 43.4 Å². The number of benzene rings is 2. The van der Waals surface area contributed by atoms with Gasteiger partial charge in [-0.1, -0.05) is 60.7 Å². The van der Waals surface area contributed by atoms with Crippen molar-refractivity contribution in [2.24, 2.45) is 5.41 Å². The Morgan fingerprint density at radius 2 is 1.32 bits per heavy atom. The molecule has 2 atom stereocenters. The molecule has 112 valence electrons. The number of ketones is 1. The van der Waals surface area contributed by atoms with Crippen LogP contribution in [0.15, 0.2) is 60.7 Å². The number of Topliss-reactive ketones (excluding diaryl/α,β-unsaturated/α-hetero) is 1. The summed E-state index contributed by atoms with van der Waals surface area (Å²) in [4.78, 5) is 25.2. The summed E-state index contributed by atoms with van der Waals surface area (Å²) in [6.45, 7) is 3.27. The maximum absolute atomic E-state index is 12.9. The third-order valence-electron chi connectivity index (χ3n) is 4.23. The van der Waals surface area contributed by atoms with Crippen molar-refractivity contribution < 1.29 is 14.3 Å². The maximum Gasteiger partial charge on any atom is 0.319 e. The van der Waals surface area contributed by atoms with Crippen molar-refractivity contribution in [2.75, 3.05) is 0 Å². The van der Waals surface area contributed by atoms with Gasteiger partial charge in [0.25, 0.3) is 0 Å². The summed E-state index contributed by atoms with van der Waals surface area (Å²) in [6, 6.07) is 19.0. The van der Waals surface area contributed by atoms with E-state index < -0.39 is 23.4 Å². The van der Waals surface area contributed by atoms with E-state index >= 15 is 0 Å². The van der Waals surface area contributed by atoms with Gasteiger partial charge in [-0.15, -0.1) is 0 Å². The third kappa shape index (κ3) is 2.33. The van der Waals surface area contributed by atoms with Crippen LogP contribution in [0.3, 0.4) is 0 Å². The lowest BCUT2D eigenvalue weighted by atomic mass is 9.72. The summed E-state index contributed by atoms with van der Waals surface area (Å²) in [5.74, 6) is -1.03. The second-order valence-corrected chi connectivity index (χ2v) is 6.11. The molecule has 22 heavy (non-hydrogen) atoms. The molecule has 0 aliphatic carbocycles. The molecule has 1 aliphatic heterocycles. The van der Waals surface area contributed by atoms with E-state index in [1.54, 1.807) is 13.8 Å². The number of rotatable bonds is 2. The van der Waals surface area contributed by atoms with Crippen molar-refractivity contribution in [1.82, 2.24) is 0 Å². The third-order valence-corrected chi connectivity index (χ3v) is 4.23. The van der Waals surface area contributed by atoms with Crippen LogP contribution in [0.2, 0.25) is 0 Å². The molecule has 2 aromatic rings. The number of esters is 1. The van der Waals surface area contributed by atoms with E-state index in [0.717, 1.165) is 11.1 Å². The first-order valence-electron chi connectivity index (χ1n) is 7.37. The summed E-state index contributed by atoms with van der Waals surface area (Å²) in [6.07, 6.45) is -0.573. The fourth-order valence-electron chi connectivity index (χ4n) is 2.85. The van der Waals surface area contributed by atoms with Gasteiger partial charge in [0.15, 0.2) is 5.78 Å². The molecule has 1 aliphatic rings. The second kappa shape index (κ2) is 5.41. The van der Waals surface area contributed by atoms with E-state index in [2.05, 4.69) is 0 Å². The highest BCUT2D eigenvalue weighted by atomic mass is 16.5. The van der Waals surface area contributed by atoms with Crippen molar-refractivity contribution in [3.05, 3.63) is 71.8 Å². The summed E-state index contributed by atoms with van der Waals surface area (Å²) in [7, 11) is 0. The van der Waals surface area contributed by atoms with Gasteiger partial charge in [0.2, 0.25) is 0 Å². The zero-order chi connectivity index (χ0) is 15.7. The van der Waals surface area contributed by atoms with Crippen molar-refractivity contribution in [3.8, 4) is 0 Å². The largest absolute Gasteiger partial charge is 0.456 e. The molecule has 3 nitrogen and oxygen atoms in total. The Morgan fingerprint density at radius 1 is 0.818 bits per heavy atom. The van der Waals surface area contributed by atoms with Gasteiger partial charge < -0.3 is 4.74 Å². The molecule has 3 rings (SSSR count). The Balaban J connectivity index is 2.10. The van der Waals surface area contributed by atoms with E-state index in [9.17, 15) is 9.59 Å². The van der Waals surface area contributed by atoms with Gasteiger partial charge in [-0.05, 0) is 25.0 Å². The molecule has 2 unspecified atom stereocenters. The fourth-order valence-corrected chi connectivity index (χ4v) is 2.85. The van der Waals surface area contributed by atoms with E-state index in [-0.39, 0.29) is 5.78 Å². The van der Waals surface area contributed by atoms with Crippen LogP contribution in [0.4, 0.5) is 0 Å². The van der Waals surface area contributed by atoms with Gasteiger partial charge in [-0.3, -0.25) is 9.59 Å². The Labute approximate surface area is 129 Å². The van der Waals surface area contributed by atoms with E-state index in [1.807, 2.05) is 60.7 Å². The molecule has 3 heteroatoms. The lowest BCUT2D eigenvalue weighted by molar-refractivity contribution is -0.174. The van der Waals surface area contributed by atoms with Gasteiger partial charge in [0.1, 0.15) is 11.5 Å². The molecule has 0 bridgehead atoms. The van der Waals surface area contributed by atoms with Crippen LogP contribution in [-0.4, -0.2) is 11.8 Å². The molecular weight excluding hydrogens is 276 g/mol. The molecule has 2 aromatic carbocycles. The molecular formula is C19H18O3. The van der Waals surface area contributed by atoms with Crippen LogP contribution in [0.25, 0.3) is 0 Å². The molecule has 1 heterocycles.